The van der Waals surface area contributed by atoms with Gasteiger partial charge in [-0.25, -0.2) is 0 Å². The predicted molar refractivity (Wildman–Crippen MR) is 80.0 cm³/mol. The van der Waals surface area contributed by atoms with Gasteiger partial charge in [-0.2, -0.15) is 8.42 Å². The molecule has 0 unspecified atom stereocenters. The molecule has 118 valence electrons. The third-order valence-electron chi connectivity index (χ3n) is 2.71. The van der Waals surface area contributed by atoms with E-state index in [1.807, 2.05) is 0 Å². The maximum absolute atomic E-state index is 8.74. The van der Waals surface area contributed by atoms with Gasteiger partial charge in [0.2, 0.25) is 0 Å². The molecule has 0 amide bonds. The highest BCUT2D eigenvalue weighted by Gasteiger charge is 1.92. The highest BCUT2D eigenvalue weighted by molar-refractivity contribution is 7.79. The molecule has 0 aliphatic rings. The minimum atomic E-state index is -4.67. The fourth-order valence-corrected chi connectivity index (χ4v) is 1.74. The van der Waals surface area contributed by atoms with E-state index in [2.05, 4.69) is 25.9 Å². The Morgan fingerprint density at radius 3 is 1.42 bits per heavy atom. The van der Waals surface area contributed by atoms with Crippen LogP contribution in [0.15, 0.2) is 0 Å². The van der Waals surface area contributed by atoms with Gasteiger partial charge in [0.05, 0.1) is 0 Å². The van der Waals surface area contributed by atoms with Crippen molar-refractivity contribution in [2.45, 2.75) is 64.7 Å². The van der Waals surface area contributed by atoms with E-state index in [0.717, 1.165) is 0 Å². The molecule has 0 saturated carbocycles. The molecule has 0 aromatic rings. The summed E-state index contributed by atoms with van der Waals surface area (Å²) in [5, 5.41) is 0. The molecule has 0 atom stereocenters. The van der Waals surface area contributed by atoms with Crippen molar-refractivity contribution >= 4 is 10.4 Å². The van der Waals surface area contributed by atoms with Crippen LogP contribution in [0.5, 0.6) is 0 Å². The molecule has 0 aromatic heterocycles. The maximum atomic E-state index is 8.74. The topological polar surface area (TPSA) is 77.8 Å². The molecule has 19 heavy (non-hydrogen) atoms. The summed E-state index contributed by atoms with van der Waals surface area (Å²) in [5.74, 6) is 0. The molecule has 2 N–H and O–H groups in total. The minimum Gasteiger partial charge on any atom is -0.309 e. The molecule has 6 heteroatoms. The fourth-order valence-electron chi connectivity index (χ4n) is 1.74. The van der Waals surface area contributed by atoms with Crippen molar-refractivity contribution in [3.05, 3.63) is 0 Å². The van der Waals surface area contributed by atoms with Crippen molar-refractivity contribution in [1.29, 1.82) is 0 Å². The maximum Gasteiger partial charge on any atom is 0.394 e. The second-order valence-electron chi connectivity index (χ2n) is 5.08. The lowest BCUT2D eigenvalue weighted by molar-refractivity contribution is 0.381. The van der Waals surface area contributed by atoms with E-state index in [4.69, 9.17) is 17.5 Å². The van der Waals surface area contributed by atoms with E-state index in [9.17, 15) is 0 Å². The average Bonchev–Trinajstić information content (AvgIpc) is 2.24. The molecule has 5 nitrogen and oxygen atoms in total. The van der Waals surface area contributed by atoms with Crippen LogP contribution < -0.4 is 0 Å². The Morgan fingerprint density at radius 2 is 1.11 bits per heavy atom. The second kappa shape index (κ2) is 14.2. The van der Waals surface area contributed by atoms with Crippen LogP contribution in [0.1, 0.15) is 64.7 Å². The third kappa shape index (κ3) is 38.1. The Hall–Kier alpha value is -0.170. The smallest absolute Gasteiger partial charge is 0.309 e. The Labute approximate surface area is 119 Å². The van der Waals surface area contributed by atoms with E-state index < -0.39 is 10.4 Å². The lowest BCUT2D eigenvalue weighted by Gasteiger charge is -2.08. The van der Waals surface area contributed by atoms with Crippen molar-refractivity contribution in [3.63, 3.8) is 0 Å². The molecule has 0 aromatic carbocycles. The molecule has 0 bridgehead atoms. The highest BCUT2D eigenvalue weighted by Crippen LogP contribution is 2.09. The number of unbranched alkanes of at least 4 members (excludes halogenated alkanes) is 8. The normalized spacial score (nSPS) is 11.3. The van der Waals surface area contributed by atoms with Gasteiger partial charge in [0, 0.05) is 0 Å². The second-order valence-corrected chi connectivity index (χ2v) is 5.98. The van der Waals surface area contributed by atoms with E-state index in [1.54, 1.807) is 0 Å². The van der Waals surface area contributed by atoms with E-state index in [1.165, 1.54) is 64.3 Å². The lowest BCUT2D eigenvalue weighted by atomic mass is 10.1. The summed E-state index contributed by atoms with van der Waals surface area (Å²) in [4.78, 5) is 2.28. The van der Waals surface area contributed by atoms with Gasteiger partial charge < -0.3 is 4.90 Å². The van der Waals surface area contributed by atoms with Crippen LogP contribution in [-0.4, -0.2) is 43.1 Å². The number of nitrogens with zero attached hydrogens (tertiary/aromatic N) is 1. The summed E-state index contributed by atoms with van der Waals surface area (Å²) in [5.41, 5.74) is 0. The zero-order valence-electron chi connectivity index (χ0n) is 12.6. The van der Waals surface area contributed by atoms with Gasteiger partial charge in [0.1, 0.15) is 0 Å². The first kappa shape index (κ1) is 21.1. The van der Waals surface area contributed by atoms with Gasteiger partial charge in [0.25, 0.3) is 0 Å². The zero-order chi connectivity index (χ0) is 15.1. The largest absolute Gasteiger partial charge is 0.394 e. The van der Waals surface area contributed by atoms with E-state index >= 15 is 0 Å². The van der Waals surface area contributed by atoms with Crippen LogP contribution in [0, 0.1) is 0 Å². The van der Waals surface area contributed by atoms with Crippen molar-refractivity contribution in [2.75, 3.05) is 20.6 Å². The Kier molecular flexibility index (Phi) is 15.8. The molecule has 0 heterocycles. The SMILES string of the molecule is CCCCCCCCCCCN(C)C.O=S(=O)(O)O. The summed E-state index contributed by atoms with van der Waals surface area (Å²) in [7, 11) is -0.352. The number of hydrogen-bond acceptors (Lipinski definition) is 3. The standard InChI is InChI=1S/C13H29N.H2O4S/c1-4-5-6-7-8-9-10-11-12-13-14(2)3;1-5(2,3)4/h4-13H2,1-3H3;(H2,1,2,3,4). The quantitative estimate of drug-likeness (QED) is 0.477. The van der Waals surface area contributed by atoms with Crippen molar-refractivity contribution < 1.29 is 17.5 Å². The van der Waals surface area contributed by atoms with Gasteiger partial charge in [-0.1, -0.05) is 58.3 Å². The molecule has 0 radical (unpaired) electrons. The van der Waals surface area contributed by atoms with Gasteiger partial charge in [-0.3, -0.25) is 9.11 Å². The van der Waals surface area contributed by atoms with Crippen molar-refractivity contribution in [2.24, 2.45) is 0 Å². The predicted octanol–water partition coefficient (Wildman–Crippen LogP) is 3.43. The molecule has 0 rings (SSSR count). The zero-order valence-corrected chi connectivity index (χ0v) is 13.5. The van der Waals surface area contributed by atoms with Crippen LogP contribution in [0.2, 0.25) is 0 Å². The summed E-state index contributed by atoms with van der Waals surface area (Å²) >= 11 is 0. The molecule has 0 fully saturated rings. The molecular formula is C13H31NO4S. The van der Waals surface area contributed by atoms with Gasteiger partial charge in [-0.15, -0.1) is 0 Å². The Balaban J connectivity index is 0. The van der Waals surface area contributed by atoms with Crippen LogP contribution >= 0.6 is 0 Å². The molecular weight excluding hydrogens is 266 g/mol. The Morgan fingerprint density at radius 1 is 0.789 bits per heavy atom. The van der Waals surface area contributed by atoms with Crippen molar-refractivity contribution in [3.8, 4) is 0 Å². The van der Waals surface area contributed by atoms with Gasteiger partial charge in [-0.05, 0) is 27.1 Å². The van der Waals surface area contributed by atoms with Crippen LogP contribution in [0.25, 0.3) is 0 Å². The van der Waals surface area contributed by atoms with Gasteiger partial charge >= 0.3 is 10.4 Å². The van der Waals surface area contributed by atoms with Crippen molar-refractivity contribution in [1.82, 2.24) is 4.90 Å². The summed E-state index contributed by atoms with van der Waals surface area (Å²) < 4.78 is 31.6. The monoisotopic (exact) mass is 297 g/mol. The van der Waals surface area contributed by atoms with Crippen LogP contribution in [0.3, 0.4) is 0 Å². The fraction of sp³-hybridized carbons (Fsp3) is 1.00. The number of rotatable bonds is 10. The van der Waals surface area contributed by atoms with Crippen LogP contribution in [-0.2, 0) is 10.4 Å². The molecule has 0 saturated heterocycles. The highest BCUT2D eigenvalue weighted by atomic mass is 32.3. The number of hydrogen-bond donors (Lipinski definition) is 2. The van der Waals surface area contributed by atoms with Crippen LogP contribution in [0.4, 0.5) is 0 Å². The summed E-state index contributed by atoms with van der Waals surface area (Å²) in [6.45, 7) is 3.54. The molecule has 0 aliphatic carbocycles. The van der Waals surface area contributed by atoms with E-state index in [-0.39, 0.29) is 0 Å². The average molecular weight is 297 g/mol. The first-order chi connectivity index (χ1) is 8.77. The molecule has 0 spiro atoms. The summed E-state index contributed by atoms with van der Waals surface area (Å²) in [6, 6.07) is 0. The molecule has 0 aliphatic heterocycles. The first-order valence-electron chi connectivity index (χ1n) is 7.12. The van der Waals surface area contributed by atoms with Gasteiger partial charge in [0.15, 0.2) is 0 Å². The first-order valence-corrected chi connectivity index (χ1v) is 8.51. The lowest BCUT2D eigenvalue weighted by Crippen LogP contribution is -2.12. The minimum absolute atomic E-state index is 1.26. The third-order valence-corrected chi connectivity index (χ3v) is 2.71. The Bertz CT molecular complexity index is 258. The summed E-state index contributed by atoms with van der Waals surface area (Å²) in [6.07, 6.45) is 12.9. The van der Waals surface area contributed by atoms with E-state index in [0.29, 0.717) is 0 Å².